The molecule has 0 N–H and O–H groups in total. The molecule has 14 heteroatoms. The van der Waals surface area contributed by atoms with Gasteiger partial charge in [-0.1, -0.05) is 58.8 Å². The number of esters is 2. The summed E-state index contributed by atoms with van der Waals surface area (Å²) < 4.78 is 60.2. The summed E-state index contributed by atoms with van der Waals surface area (Å²) in [5, 5.41) is 0.625. The van der Waals surface area contributed by atoms with Gasteiger partial charge in [0.1, 0.15) is 12.4 Å². The first-order chi connectivity index (χ1) is 22.4. The monoisotopic (exact) mass is 704 g/mol. The Morgan fingerprint density at radius 2 is 1.57 bits per heavy atom. The average Bonchev–Trinajstić information content (AvgIpc) is 3.34. The zero-order valence-corrected chi connectivity index (χ0v) is 27.1. The van der Waals surface area contributed by atoms with Crippen LogP contribution in [0.15, 0.2) is 87.8 Å². The fourth-order valence-corrected chi connectivity index (χ4v) is 6.12. The number of hydrogen-bond acceptors (Lipinski definition) is 8. The van der Waals surface area contributed by atoms with E-state index in [1.165, 1.54) is 37.3 Å². The van der Waals surface area contributed by atoms with Crippen LogP contribution in [-0.2, 0) is 20.9 Å². The second kappa shape index (κ2) is 14.2. The second-order valence-electron chi connectivity index (χ2n) is 10.0. The van der Waals surface area contributed by atoms with E-state index in [9.17, 15) is 27.6 Å². The Labute approximate surface area is 279 Å². The van der Waals surface area contributed by atoms with Crippen molar-refractivity contribution in [2.75, 3.05) is 13.2 Å². The Balaban J connectivity index is 1.60. The van der Waals surface area contributed by atoms with Gasteiger partial charge in [-0.3, -0.25) is 9.36 Å². The van der Waals surface area contributed by atoms with Gasteiger partial charge in [-0.25, -0.2) is 14.6 Å². The van der Waals surface area contributed by atoms with Gasteiger partial charge >= 0.3 is 18.1 Å². The maximum absolute atomic E-state index is 14.4. The van der Waals surface area contributed by atoms with Crippen LogP contribution >= 0.6 is 34.5 Å². The number of alkyl halides is 3. The smallest absolute Gasteiger partial charge is 0.434 e. The Hall–Kier alpha value is -4.39. The normalized spacial score (nSPS) is 14.8. The minimum atomic E-state index is -5.04. The summed E-state index contributed by atoms with van der Waals surface area (Å²) in [6, 6.07) is 15.6. The molecule has 1 atom stereocenters. The van der Waals surface area contributed by atoms with Crippen molar-refractivity contribution in [1.82, 2.24) is 4.57 Å². The number of halogens is 5. The lowest BCUT2D eigenvalue weighted by atomic mass is 9.95. The van der Waals surface area contributed by atoms with Crippen LogP contribution in [0.5, 0.6) is 5.75 Å². The molecule has 0 unspecified atom stereocenters. The first-order valence-electron chi connectivity index (χ1n) is 14.1. The van der Waals surface area contributed by atoms with Gasteiger partial charge in [0.15, 0.2) is 10.5 Å². The molecule has 1 aromatic heterocycles. The van der Waals surface area contributed by atoms with Crippen molar-refractivity contribution in [3.63, 3.8) is 0 Å². The molecule has 0 bridgehead atoms. The van der Waals surface area contributed by atoms with Crippen LogP contribution in [0, 0.1) is 0 Å². The molecule has 4 aromatic rings. The van der Waals surface area contributed by atoms with Crippen LogP contribution < -0.4 is 19.6 Å². The highest BCUT2D eigenvalue weighted by Crippen LogP contribution is 2.38. The summed E-state index contributed by atoms with van der Waals surface area (Å²) in [5.74, 6) is -1.37. The predicted molar refractivity (Wildman–Crippen MR) is 170 cm³/mol. The number of rotatable bonds is 9. The molecule has 47 heavy (non-hydrogen) atoms. The van der Waals surface area contributed by atoms with Gasteiger partial charge in [-0.2, -0.15) is 13.2 Å². The number of hydrogen-bond donors (Lipinski definition) is 0. The highest BCUT2D eigenvalue weighted by atomic mass is 35.5. The molecular weight excluding hydrogens is 680 g/mol. The van der Waals surface area contributed by atoms with Gasteiger partial charge in [0.05, 0.1) is 34.9 Å². The maximum Gasteiger partial charge on any atom is 0.434 e. The third-order valence-electron chi connectivity index (χ3n) is 6.90. The van der Waals surface area contributed by atoms with Crippen molar-refractivity contribution in [3.8, 4) is 5.75 Å². The van der Waals surface area contributed by atoms with Crippen LogP contribution in [0.1, 0.15) is 46.9 Å². The van der Waals surface area contributed by atoms with E-state index in [0.29, 0.717) is 38.3 Å². The summed E-state index contributed by atoms with van der Waals surface area (Å²) >= 11 is 13.0. The summed E-state index contributed by atoms with van der Waals surface area (Å²) in [5.41, 5.74) is -1.29. The summed E-state index contributed by atoms with van der Waals surface area (Å²) in [6.45, 7) is 3.31. The lowest BCUT2D eigenvalue weighted by molar-refractivity contribution is -0.140. The third-order valence-corrected chi connectivity index (χ3v) is 8.37. The molecule has 0 saturated carbocycles. The maximum atomic E-state index is 14.4. The summed E-state index contributed by atoms with van der Waals surface area (Å²) in [4.78, 5) is 42.4. The molecular formula is C33H25Cl2F3N2O6S. The fraction of sp³-hybridized carbons (Fsp3) is 0.212. The first-order valence-corrected chi connectivity index (χ1v) is 15.7. The number of fused-ring (bicyclic) bond motifs is 1. The molecule has 3 aromatic carbocycles. The lowest BCUT2D eigenvalue weighted by Gasteiger charge is -2.26. The van der Waals surface area contributed by atoms with E-state index in [2.05, 4.69) is 4.99 Å². The van der Waals surface area contributed by atoms with Gasteiger partial charge in [0.2, 0.25) is 0 Å². The average molecular weight is 706 g/mol. The highest BCUT2D eigenvalue weighted by molar-refractivity contribution is 7.07. The number of thiazole rings is 1. The Morgan fingerprint density at radius 1 is 0.936 bits per heavy atom. The molecule has 0 amide bonds. The third kappa shape index (κ3) is 7.45. The van der Waals surface area contributed by atoms with Gasteiger partial charge < -0.3 is 14.2 Å². The van der Waals surface area contributed by atoms with E-state index in [0.717, 1.165) is 10.1 Å². The minimum absolute atomic E-state index is 0.0141. The molecule has 8 nitrogen and oxygen atoms in total. The topological polar surface area (TPSA) is 96.2 Å². The molecule has 1 aliphatic heterocycles. The predicted octanol–water partition coefficient (Wildman–Crippen LogP) is 6.40. The zero-order chi connectivity index (χ0) is 33.9. The van der Waals surface area contributed by atoms with Crippen molar-refractivity contribution >= 4 is 52.6 Å². The van der Waals surface area contributed by atoms with Crippen molar-refractivity contribution < 1.29 is 37.0 Å². The molecule has 0 spiro atoms. The van der Waals surface area contributed by atoms with Crippen LogP contribution in [0.25, 0.3) is 6.08 Å². The van der Waals surface area contributed by atoms with E-state index in [-0.39, 0.29) is 34.7 Å². The Kier molecular flexibility index (Phi) is 10.2. The number of benzene rings is 3. The molecule has 0 aliphatic carbocycles. The number of allylic oxidation sites excluding steroid dienone is 1. The summed E-state index contributed by atoms with van der Waals surface area (Å²) in [6.07, 6.45) is -3.60. The number of ether oxygens (including phenoxy) is 3. The van der Waals surface area contributed by atoms with Gasteiger partial charge in [0, 0.05) is 15.6 Å². The SMILES string of the molecule is CCOC(=O)C1=C(C(F)(F)F)N=c2s/c(=C\c3cc(Cl)ccc3OCc3ccc(C(=O)OCC)cc3)c(=O)n2[C@H]1c1ccc(Cl)cc1. The van der Waals surface area contributed by atoms with Crippen LogP contribution in [0.2, 0.25) is 10.0 Å². The molecule has 0 fully saturated rings. The van der Waals surface area contributed by atoms with Crippen LogP contribution in [0.4, 0.5) is 13.2 Å². The van der Waals surface area contributed by atoms with Gasteiger partial charge in [-0.15, -0.1) is 0 Å². The quantitative estimate of drug-likeness (QED) is 0.187. The molecule has 0 saturated heterocycles. The number of nitrogens with zero attached hydrogens (tertiary/aromatic N) is 2. The fourth-order valence-electron chi connectivity index (χ4n) is 4.82. The Bertz CT molecular complexity index is 2040. The van der Waals surface area contributed by atoms with Gasteiger partial charge in [-0.05, 0) is 73.5 Å². The van der Waals surface area contributed by atoms with E-state index in [1.807, 2.05) is 0 Å². The summed E-state index contributed by atoms with van der Waals surface area (Å²) in [7, 11) is 0. The molecule has 1 aliphatic rings. The lowest BCUT2D eigenvalue weighted by Crippen LogP contribution is -2.41. The van der Waals surface area contributed by atoms with Crippen LogP contribution in [0.3, 0.4) is 0 Å². The number of aromatic nitrogens is 1. The standard InChI is InChI=1S/C33H25Cl2F3N2O6S/c1-3-44-30(42)20-7-5-18(6-8-20)17-46-24-14-13-23(35)15-21(24)16-25-29(41)40-27(19-9-11-22(34)12-10-19)26(31(43)45-4-2)28(33(36,37)38)39-32(40)47-25/h5-16,27H,3-4,17H2,1-2H3/b25-16-/t27-/m0/s1. The second-order valence-corrected chi connectivity index (χ2v) is 11.9. The minimum Gasteiger partial charge on any atom is -0.488 e. The van der Waals surface area contributed by atoms with Crippen LogP contribution in [-0.4, -0.2) is 35.9 Å². The van der Waals surface area contributed by atoms with E-state index in [1.54, 1.807) is 49.4 Å². The van der Waals surface area contributed by atoms with E-state index in [4.69, 9.17) is 37.4 Å². The van der Waals surface area contributed by atoms with Crippen molar-refractivity contribution in [2.45, 2.75) is 32.7 Å². The molecule has 0 radical (unpaired) electrons. The Morgan fingerprint density at radius 3 is 2.21 bits per heavy atom. The van der Waals surface area contributed by atoms with Crippen molar-refractivity contribution in [2.24, 2.45) is 4.99 Å². The zero-order valence-electron chi connectivity index (χ0n) is 24.8. The highest BCUT2D eigenvalue weighted by Gasteiger charge is 2.45. The van der Waals surface area contributed by atoms with Crippen molar-refractivity contribution in [1.29, 1.82) is 0 Å². The van der Waals surface area contributed by atoms with Crippen molar-refractivity contribution in [3.05, 3.63) is 130 Å². The number of carbonyl (C=O) groups is 2. The molecule has 2 heterocycles. The van der Waals surface area contributed by atoms with E-state index >= 15 is 0 Å². The van der Waals surface area contributed by atoms with Gasteiger partial charge in [0.25, 0.3) is 5.56 Å². The molecule has 244 valence electrons. The molecule has 5 rings (SSSR count). The largest absolute Gasteiger partial charge is 0.488 e. The number of carbonyl (C=O) groups excluding carboxylic acids is 2. The first kappa shape index (κ1) is 34.0. The van der Waals surface area contributed by atoms with E-state index < -0.39 is 41.0 Å².